The van der Waals surface area contributed by atoms with Crippen molar-refractivity contribution in [2.75, 3.05) is 0 Å². The number of fused-ring (bicyclic) bond motifs is 1. The molecule has 2 aromatic carbocycles. The van der Waals surface area contributed by atoms with E-state index in [4.69, 9.17) is 0 Å². The number of rotatable bonds is 2. The summed E-state index contributed by atoms with van der Waals surface area (Å²) in [7, 11) is 0. The Morgan fingerprint density at radius 3 is 1.79 bits per heavy atom. The average molecular weight is 372 g/mol. The quantitative estimate of drug-likeness (QED) is 0.595. The molecule has 2 aliphatic heterocycles. The van der Waals surface area contributed by atoms with Gasteiger partial charge in [0.25, 0.3) is 0 Å². The minimum absolute atomic E-state index is 0.543. The highest BCUT2D eigenvalue weighted by atomic mass is 16.6. The Bertz CT molecular complexity index is 1110. The first-order valence-electron chi connectivity index (χ1n) is 8.60. The average Bonchev–Trinajstić information content (AvgIpc) is 2.74. The molecule has 1 aliphatic carbocycles. The normalized spacial score (nSPS) is 20.9. The van der Waals surface area contributed by atoms with Crippen molar-refractivity contribution in [2.24, 2.45) is 10.8 Å². The number of ether oxygens (including phenoxy) is 2. The van der Waals surface area contributed by atoms with E-state index in [1.165, 1.54) is 12.2 Å². The predicted octanol–water partition coefficient (Wildman–Crippen LogP) is 2.45. The molecule has 2 heterocycles. The van der Waals surface area contributed by atoms with E-state index < -0.39 is 34.7 Å². The van der Waals surface area contributed by atoms with Gasteiger partial charge in [-0.25, -0.2) is 19.2 Å². The van der Waals surface area contributed by atoms with Crippen LogP contribution in [-0.4, -0.2) is 23.9 Å². The first-order chi connectivity index (χ1) is 13.5. The molecule has 2 saturated heterocycles. The van der Waals surface area contributed by atoms with Crippen LogP contribution in [0.25, 0.3) is 16.7 Å². The zero-order valence-electron chi connectivity index (χ0n) is 14.4. The summed E-state index contributed by atoms with van der Waals surface area (Å²) < 4.78 is 8.98. The van der Waals surface area contributed by atoms with Crippen LogP contribution in [0.2, 0.25) is 0 Å². The molecule has 0 unspecified atom stereocenters. The molecule has 0 bridgehead atoms. The van der Waals surface area contributed by atoms with Gasteiger partial charge in [-0.15, -0.1) is 0 Å². The Labute approximate surface area is 159 Å². The molecular formula is C22H12O6. The maximum Gasteiger partial charge on any atom is 0.337 e. The molecule has 6 nitrogen and oxygen atoms in total. The van der Waals surface area contributed by atoms with Crippen LogP contribution in [0.4, 0.5) is 0 Å². The van der Waals surface area contributed by atoms with Gasteiger partial charge in [-0.1, -0.05) is 60.7 Å². The number of hydrogen-bond donors (Lipinski definition) is 0. The summed E-state index contributed by atoms with van der Waals surface area (Å²) in [4.78, 5) is 48.8. The van der Waals surface area contributed by atoms with Gasteiger partial charge < -0.3 is 9.47 Å². The minimum atomic E-state index is -1.99. The third-order valence-corrected chi connectivity index (χ3v) is 5.47. The van der Waals surface area contributed by atoms with Gasteiger partial charge in [0.1, 0.15) is 0 Å². The van der Waals surface area contributed by atoms with Gasteiger partial charge in [0, 0.05) is 0 Å². The molecule has 3 aliphatic rings. The highest BCUT2D eigenvalue weighted by Gasteiger charge is 2.81. The van der Waals surface area contributed by atoms with Gasteiger partial charge in [0.05, 0.1) is 0 Å². The van der Waals surface area contributed by atoms with Crippen LogP contribution in [0.1, 0.15) is 5.56 Å². The second kappa shape index (κ2) is 5.36. The molecule has 0 amide bonds. The molecule has 5 rings (SSSR count). The highest BCUT2D eigenvalue weighted by molar-refractivity contribution is 6.30. The van der Waals surface area contributed by atoms with E-state index >= 15 is 0 Å². The molecular weight excluding hydrogens is 360 g/mol. The van der Waals surface area contributed by atoms with Gasteiger partial charge in [-0.3, -0.25) is 0 Å². The molecule has 0 N–H and O–H groups in total. The zero-order valence-corrected chi connectivity index (χ0v) is 14.4. The van der Waals surface area contributed by atoms with Gasteiger partial charge in [-0.2, -0.15) is 0 Å². The fourth-order valence-electron chi connectivity index (χ4n) is 3.89. The number of benzene rings is 2. The number of cyclic esters (lactones) is 4. The Balaban J connectivity index is 1.63. The van der Waals surface area contributed by atoms with Gasteiger partial charge in [0.15, 0.2) is 0 Å². The summed E-state index contributed by atoms with van der Waals surface area (Å²) in [5.41, 5.74) is -0.719. The summed E-state index contributed by atoms with van der Waals surface area (Å²) in [6.45, 7) is 0. The molecule has 136 valence electrons. The summed E-state index contributed by atoms with van der Waals surface area (Å²) in [6, 6.07) is 17.2. The molecule has 2 spiro atoms. The van der Waals surface area contributed by atoms with Crippen LogP contribution >= 0.6 is 0 Å². The van der Waals surface area contributed by atoms with Crippen LogP contribution in [0, 0.1) is 10.8 Å². The zero-order chi connectivity index (χ0) is 19.5. The molecule has 2 aromatic rings. The lowest BCUT2D eigenvalue weighted by molar-refractivity contribution is -0.223. The number of carbonyl (C=O) groups is 4. The topological polar surface area (TPSA) is 86.7 Å². The van der Waals surface area contributed by atoms with E-state index in [2.05, 4.69) is 9.47 Å². The van der Waals surface area contributed by atoms with E-state index in [0.717, 1.165) is 16.7 Å². The summed E-state index contributed by atoms with van der Waals surface area (Å²) >= 11 is 0. The van der Waals surface area contributed by atoms with Crippen LogP contribution < -0.4 is 0 Å². The second-order valence-corrected chi connectivity index (χ2v) is 6.85. The minimum Gasteiger partial charge on any atom is -0.391 e. The maximum atomic E-state index is 12.3. The van der Waals surface area contributed by atoms with Crippen molar-refractivity contribution in [1.29, 1.82) is 0 Å². The number of esters is 4. The lowest BCUT2D eigenvalue weighted by atomic mass is 9.55. The standard InChI is InChI=1S/C22H12O6/c23-17-21(18(24)27-17)10-9-16(12-22(21)19(25)28-20(22)26)15-8-4-7-14(11-15)13-5-2-1-3-6-13/h1-12H. The van der Waals surface area contributed by atoms with Gasteiger partial charge >= 0.3 is 23.9 Å². The van der Waals surface area contributed by atoms with Crippen molar-refractivity contribution < 1.29 is 28.7 Å². The SMILES string of the molecule is O=C1OC(=O)C12C=CC(c1cccc(-c3ccccc3)c1)=CC21C(=O)OC1=O. The lowest BCUT2D eigenvalue weighted by Crippen LogP contribution is -2.72. The lowest BCUT2D eigenvalue weighted by Gasteiger charge is -2.49. The number of carbonyl (C=O) groups excluding carboxylic acids is 4. The Morgan fingerprint density at radius 1 is 0.607 bits per heavy atom. The van der Waals surface area contributed by atoms with Crippen molar-refractivity contribution in [2.45, 2.75) is 0 Å². The largest absolute Gasteiger partial charge is 0.391 e. The molecule has 0 aromatic heterocycles. The molecule has 0 atom stereocenters. The number of hydrogen-bond acceptors (Lipinski definition) is 6. The van der Waals surface area contributed by atoms with E-state index in [-0.39, 0.29) is 0 Å². The fraction of sp³-hybridized carbons (Fsp3) is 0.0909. The van der Waals surface area contributed by atoms with Crippen LogP contribution in [0.15, 0.2) is 72.8 Å². The Hall–Kier alpha value is -3.80. The van der Waals surface area contributed by atoms with Gasteiger partial charge in [-0.05, 0) is 34.4 Å². The third-order valence-electron chi connectivity index (χ3n) is 5.47. The molecule has 28 heavy (non-hydrogen) atoms. The summed E-state index contributed by atoms with van der Waals surface area (Å²) in [6.07, 6.45) is 4.19. The fourth-order valence-corrected chi connectivity index (χ4v) is 3.89. The monoisotopic (exact) mass is 372 g/mol. The van der Waals surface area contributed by atoms with Crippen molar-refractivity contribution in [1.82, 2.24) is 0 Å². The Morgan fingerprint density at radius 2 is 1.18 bits per heavy atom. The van der Waals surface area contributed by atoms with Crippen LogP contribution in [-0.2, 0) is 28.7 Å². The van der Waals surface area contributed by atoms with Gasteiger partial charge in [0.2, 0.25) is 10.8 Å². The first-order valence-corrected chi connectivity index (χ1v) is 8.60. The highest BCUT2D eigenvalue weighted by Crippen LogP contribution is 2.58. The smallest absolute Gasteiger partial charge is 0.337 e. The van der Waals surface area contributed by atoms with Crippen LogP contribution in [0.3, 0.4) is 0 Å². The van der Waals surface area contributed by atoms with Crippen molar-refractivity contribution in [3.8, 4) is 11.1 Å². The third kappa shape index (κ3) is 1.81. The van der Waals surface area contributed by atoms with Crippen molar-refractivity contribution in [3.63, 3.8) is 0 Å². The molecule has 2 fully saturated rings. The second-order valence-electron chi connectivity index (χ2n) is 6.85. The molecule has 6 heteroatoms. The summed E-state index contributed by atoms with van der Waals surface area (Å²) in [5, 5.41) is 0. The first kappa shape index (κ1) is 16.4. The predicted molar refractivity (Wildman–Crippen MR) is 96.1 cm³/mol. The number of allylic oxidation sites excluding steroid dienone is 2. The van der Waals surface area contributed by atoms with Crippen LogP contribution in [0.5, 0.6) is 0 Å². The van der Waals surface area contributed by atoms with E-state index in [9.17, 15) is 19.2 Å². The van der Waals surface area contributed by atoms with Crippen molar-refractivity contribution >= 4 is 29.5 Å². The maximum absolute atomic E-state index is 12.3. The van der Waals surface area contributed by atoms with E-state index in [1.807, 2.05) is 54.6 Å². The molecule has 0 saturated carbocycles. The summed E-state index contributed by atoms with van der Waals surface area (Å²) in [5.74, 6) is -3.70. The Kier molecular flexibility index (Phi) is 3.13. The van der Waals surface area contributed by atoms with Crippen molar-refractivity contribution in [3.05, 3.63) is 78.4 Å². The molecule has 0 radical (unpaired) electrons. The van der Waals surface area contributed by atoms with E-state index in [1.54, 1.807) is 6.08 Å². The van der Waals surface area contributed by atoms with E-state index in [0.29, 0.717) is 5.57 Å².